The lowest BCUT2D eigenvalue weighted by Gasteiger charge is -2.42. The summed E-state index contributed by atoms with van der Waals surface area (Å²) in [4.78, 5) is 16.0. The Bertz CT molecular complexity index is 1400. The number of rotatable bonds is 6. The Morgan fingerprint density at radius 1 is 0.943 bits per heavy atom. The first-order valence-electron chi connectivity index (χ1n) is 11.9. The molecule has 3 aromatic rings. The molecule has 184 valence electrons. The topological polar surface area (TPSA) is 71.9 Å². The molecule has 8 heteroatoms. The Morgan fingerprint density at radius 2 is 1.69 bits per heavy atom. The third-order valence-corrected chi connectivity index (χ3v) is 8.91. The first-order valence-corrected chi connectivity index (χ1v) is 13.3. The third kappa shape index (κ3) is 4.42. The van der Waals surface area contributed by atoms with Crippen molar-refractivity contribution in [2.75, 3.05) is 34.3 Å². The van der Waals surface area contributed by atoms with E-state index in [9.17, 15) is 13.2 Å². The molecule has 2 aromatic carbocycles. The minimum Gasteiger partial charge on any atom is -0.497 e. The lowest BCUT2D eigenvalue weighted by molar-refractivity contribution is 0.186. The number of aromatic nitrogens is 1. The molecule has 35 heavy (non-hydrogen) atoms. The predicted molar refractivity (Wildman–Crippen MR) is 136 cm³/mol. The molecule has 2 bridgehead atoms. The van der Waals surface area contributed by atoms with Crippen molar-refractivity contribution in [3.63, 3.8) is 0 Å². The first kappa shape index (κ1) is 23.8. The Hall–Kier alpha value is -2.94. The molecule has 0 radical (unpaired) electrons. The van der Waals surface area contributed by atoms with E-state index < -0.39 is 10.0 Å². The monoisotopic (exact) mass is 493 g/mol. The van der Waals surface area contributed by atoms with Crippen LogP contribution in [0.2, 0.25) is 0 Å². The number of piperidine rings is 1. The molecular formula is C27H31N3O4S. The zero-order chi connectivity index (χ0) is 24.7. The quantitative estimate of drug-likeness (QED) is 0.526. The lowest BCUT2D eigenvalue weighted by Crippen LogP contribution is -2.49. The van der Waals surface area contributed by atoms with Gasteiger partial charge in [-0.25, -0.2) is 8.42 Å². The highest BCUT2D eigenvalue weighted by Gasteiger charge is 2.39. The molecule has 5 rings (SSSR count). The van der Waals surface area contributed by atoms with E-state index in [2.05, 4.69) is 11.0 Å². The van der Waals surface area contributed by atoms with Gasteiger partial charge in [-0.15, -0.1) is 0 Å². The van der Waals surface area contributed by atoms with E-state index in [1.165, 1.54) is 0 Å². The minimum absolute atomic E-state index is 0.00528. The lowest BCUT2D eigenvalue weighted by atomic mass is 9.83. The van der Waals surface area contributed by atoms with Crippen LogP contribution in [-0.2, 0) is 23.1 Å². The highest BCUT2D eigenvalue weighted by atomic mass is 32.2. The van der Waals surface area contributed by atoms with E-state index in [4.69, 9.17) is 4.74 Å². The van der Waals surface area contributed by atoms with Gasteiger partial charge < -0.3 is 14.2 Å². The van der Waals surface area contributed by atoms with Crippen molar-refractivity contribution < 1.29 is 13.2 Å². The molecule has 0 aliphatic carbocycles. The fraction of sp³-hybridized carbons (Fsp3) is 0.370. The average Bonchev–Trinajstić information content (AvgIpc) is 2.85. The summed E-state index contributed by atoms with van der Waals surface area (Å²) in [5.74, 6) is 0.712. The molecule has 1 aromatic heterocycles. The fourth-order valence-corrected chi connectivity index (χ4v) is 7.02. The van der Waals surface area contributed by atoms with Gasteiger partial charge in [-0.1, -0.05) is 24.3 Å². The van der Waals surface area contributed by atoms with Crippen LogP contribution < -0.4 is 10.3 Å². The van der Waals surface area contributed by atoms with Gasteiger partial charge in [0.25, 0.3) is 5.56 Å². The highest BCUT2D eigenvalue weighted by Crippen LogP contribution is 2.38. The van der Waals surface area contributed by atoms with E-state index in [-0.39, 0.29) is 22.3 Å². The van der Waals surface area contributed by atoms with Gasteiger partial charge in [-0.05, 0) is 74.0 Å². The molecule has 7 nitrogen and oxygen atoms in total. The summed E-state index contributed by atoms with van der Waals surface area (Å²) in [5, 5.41) is 0. The number of hydrogen-bond acceptors (Lipinski definition) is 5. The molecule has 0 N–H and O–H groups in total. The van der Waals surface area contributed by atoms with Crippen LogP contribution in [0.3, 0.4) is 0 Å². The molecule has 3 heterocycles. The summed E-state index contributed by atoms with van der Waals surface area (Å²) in [5.41, 5.74) is 3.71. The largest absolute Gasteiger partial charge is 0.497 e. The predicted octanol–water partition coefficient (Wildman–Crippen LogP) is 3.39. The maximum absolute atomic E-state index is 13.6. The van der Waals surface area contributed by atoms with Crippen molar-refractivity contribution in [3.8, 4) is 16.9 Å². The number of hydrogen-bond donors (Lipinski definition) is 0. The van der Waals surface area contributed by atoms with Crippen molar-refractivity contribution in [2.24, 2.45) is 5.92 Å². The Morgan fingerprint density at radius 3 is 2.40 bits per heavy atom. The normalized spacial score (nSPS) is 20.0. The number of sulfonamides is 1. The van der Waals surface area contributed by atoms with Crippen molar-refractivity contribution >= 4 is 10.0 Å². The van der Waals surface area contributed by atoms with Crippen LogP contribution in [0.25, 0.3) is 11.1 Å². The number of ether oxygens (including phenoxy) is 1. The number of fused-ring (bicyclic) bond motifs is 4. The molecule has 0 spiro atoms. The van der Waals surface area contributed by atoms with Gasteiger partial charge in [0.05, 0.1) is 12.0 Å². The molecule has 2 aliphatic rings. The number of benzene rings is 2. The molecule has 0 amide bonds. The molecule has 0 saturated carbocycles. The van der Waals surface area contributed by atoms with Crippen molar-refractivity contribution in [2.45, 2.75) is 30.3 Å². The summed E-state index contributed by atoms with van der Waals surface area (Å²) in [6, 6.07) is 18.5. The van der Waals surface area contributed by atoms with E-state index in [0.717, 1.165) is 29.8 Å². The summed E-state index contributed by atoms with van der Waals surface area (Å²) in [6.45, 7) is 2.07. The minimum atomic E-state index is -3.62. The van der Waals surface area contributed by atoms with Gasteiger partial charge in [0.15, 0.2) is 0 Å². The van der Waals surface area contributed by atoms with Gasteiger partial charge in [0.1, 0.15) is 5.75 Å². The summed E-state index contributed by atoms with van der Waals surface area (Å²) >= 11 is 0. The van der Waals surface area contributed by atoms with Crippen LogP contribution in [-0.4, -0.2) is 56.5 Å². The number of pyridine rings is 1. The second kappa shape index (κ2) is 9.26. The van der Waals surface area contributed by atoms with E-state index in [1.807, 2.05) is 49.0 Å². The van der Waals surface area contributed by atoms with Gasteiger partial charge in [-0.3, -0.25) is 4.79 Å². The first-order chi connectivity index (χ1) is 16.8. The SMILES string of the molecule is COc1ccc(S(=O)(=O)N2C[C@H]3C[C@H](C2)c2ccc(-c4ccccc4CN(C)C)c(=O)n2C3)cc1. The van der Waals surface area contributed by atoms with Gasteiger partial charge in [-0.2, -0.15) is 4.31 Å². The zero-order valence-corrected chi connectivity index (χ0v) is 21.2. The maximum atomic E-state index is 13.6. The molecule has 1 fully saturated rings. The fourth-order valence-electron chi connectivity index (χ4n) is 5.46. The van der Waals surface area contributed by atoms with E-state index in [1.54, 1.807) is 35.7 Å². The Labute approximate surface area is 206 Å². The summed E-state index contributed by atoms with van der Waals surface area (Å²) < 4.78 is 35.4. The van der Waals surface area contributed by atoms with Crippen LogP contribution in [0.4, 0.5) is 0 Å². The Kier molecular flexibility index (Phi) is 6.29. The van der Waals surface area contributed by atoms with Crippen LogP contribution in [0.15, 0.2) is 70.4 Å². The van der Waals surface area contributed by atoms with Crippen LogP contribution in [0.1, 0.15) is 23.6 Å². The smallest absolute Gasteiger partial charge is 0.258 e. The number of methoxy groups -OCH3 is 1. The van der Waals surface area contributed by atoms with Gasteiger partial charge >= 0.3 is 0 Å². The van der Waals surface area contributed by atoms with Crippen LogP contribution in [0.5, 0.6) is 5.75 Å². The van der Waals surface area contributed by atoms with E-state index in [0.29, 0.717) is 30.9 Å². The molecule has 2 atom stereocenters. The zero-order valence-electron chi connectivity index (χ0n) is 20.3. The highest BCUT2D eigenvalue weighted by molar-refractivity contribution is 7.89. The van der Waals surface area contributed by atoms with Crippen molar-refractivity contribution in [1.82, 2.24) is 13.8 Å². The third-order valence-electron chi connectivity index (χ3n) is 7.06. The van der Waals surface area contributed by atoms with Crippen LogP contribution >= 0.6 is 0 Å². The van der Waals surface area contributed by atoms with Crippen molar-refractivity contribution in [3.05, 3.63) is 82.3 Å². The van der Waals surface area contributed by atoms with Crippen molar-refractivity contribution in [1.29, 1.82) is 0 Å². The summed E-state index contributed by atoms with van der Waals surface area (Å²) in [7, 11) is 1.97. The van der Waals surface area contributed by atoms with E-state index >= 15 is 0 Å². The summed E-state index contributed by atoms with van der Waals surface area (Å²) in [6.07, 6.45) is 0.893. The molecule has 2 aliphatic heterocycles. The maximum Gasteiger partial charge on any atom is 0.258 e. The van der Waals surface area contributed by atoms with Gasteiger partial charge in [0, 0.05) is 43.4 Å². The molecule has 0 unspecified atom stereocenters. The second-order valence-corrected chi connectivity index (χ2v) is 11.7. The second-order valence-electron chi connectivity index (χ2n) is 9.78. The molecule has 1 saturated heterocycles. The molecular weight excluding hydrogens is 462 g/mol. The number of nitrogens with zero attached hydrogens (tertiary/aromatic N) is 3. The standard InChI is InChI=1S/C27H31N3O4S/c1-28(2)17-20-6-4-5-7-24(20)25-12-13-26-21-14-19(16-30(26)27(25)31)15-29(18-21)35(32,33)23-10-8-22(34-3)9-11-23/h4-13,19,21H,14-18H2,1-3H3/t19-,21-/m1/s1. The average molecular weight is 494 g/mol. The van der Waals surface area contributed by atoms with Gasteiger partial charge in [0.2, 0.25) is 10.0 Å². The Balaban J connectivity index is 1.47. The van der Waals surface area contributed by atoms with Crippen LogP contribution in [0, 0.1) is 5.92 Å².